The van der Waals surface area contributed by atoms with Gasteiger partial charge in [-0.15, -0.1) is 11.3 Å². The Hall–Kier alpha value is -2.98. The number of thiazole rings is 1. The van der Waals surface area contributed by atoms with Crippen molar-refractivity contribution in [1.82, 2.24) is 9.97 Å². The lowest BCUT2D eigenvalue weighted by atomic mass is 10.2. The molecule has 0 atom stereocenters. The second-order valence-electron chi connectivity index (χ2n) is 4.94. The van der Waals surface area contributed by atoms with Crippen LogP contribution < -0.4 is 5.32 Å². The number of nitrogens with one attached hydrogen (secondary N) is 2. The molecule has 0 aliphatic carbocycles. The van der Waals surface area contributed by atoms with Gasteiger partial charge in [0.25, 0.3) is 5.91 Å². The number of esters is 2. The molecule has 0 fully saturated rings. The van der Waals surface area contributed by atoms with E-state index < -0.39 is 17.8 Å². The van der Waals surface area contributed by atoms with Gasteiger partial charge in [-0.3, -0.25) is 4.79 Å². The number of hydrogen-bond acceptors (Lipinski definition) is 8. The molecule has 1 amide bonds. The van der Waals surface area contributed by atoms with Crippen molar-refractivity contribution >= 4 is 46.2 Å². The topological polar surface area (TPSA) is 110 Å². The predicted molar refractivity (Wildman–Crippen MR) is 96.9 cm³/mol. The maximum Gasteiger partial charge on any atom is 0.356 e. The number of amides is 1. The highest BCUT2D eigenvalue weighted by molar-refractivity contribution is 7.14. The molecule has 0 bridgehead atoms. The third kappa shape index (κ3) is 3.37. The molecule has 26 heavy (non-hydrogen) atoms. The molecule has 0 saturated heterocycles. The molecule has 0 unspecified atom stereocenters. The van der Waals surface area contributed by atoms with Crippen molar-refractivity contribution in [3.63, 3.8) is 0 Å². The Morgan fingerprint density at radius 2 is 1.92 bits per heavy atom. The average molecular weight is 391 g/mol. The second-order valence-corrected chi connectivity index (χ2v) is 6.58. The lowest BCUT2D eigenvalue weighted by Gasteiger charge is -2.06. The molecule has 2 N–H and O–H groups in total. The summed E-state index contributed by atoms with van der Waals surface area (Å²) in [5.41, 5.74) is 1.03. The molecule has 3 aromatic heterocycles. The van der Waals surface area contributed by atoms with E-state index in [1.807, 2.05) is 16.8 Å². The minimum absolute atomic E-state index is 0.00883. The number of H-pyrrole nitrogens is 1. The van der Waals surface area contributed by atoms with Gasteiger partial charge in [-0.05, 0) is 11.4 Å². The first kappa shape index (κ1) is 17.8. The molecule has 0 spiro atoms. The van der Waals surface area contributed by atoms with E-state index in [0.29, 0.717) is 5.01 Å². The van der Waals surface area contributed by atoms with E-state index in [4.69, 9.17) is 0 Å². The Kier molecular flexibility index (Phi) is 5.14. The van der Waals surface area contributed by atoms with Gasteiger partial charge in [0, 0.05) is 22.5 Å². The minimum atomic E-state index is -0.729. The number of rotatable bonds is 5. The van der Waals surface area contributed by atoms with Crippen molar-refractivity contribution in [3.05, 3.63) is 45.4 Å². The number of aromatic amines is 1. The lowest BCUT2D eigenvalue weighted by molar-refractivity contribution is 0.0594. The smallest absolute Gasteiger partial charge is 0.356 e. The summed E-state index contributed by atoms with van der Waals surface area (Å²) in [6, 6.07) is 1.90. The number of thiophene rings is 1. The van der Waals surface area contributed by atoms with Crippen molar-refractivity contribution in [3.8, 4) is 10.6 Å². The van der Waals surface area contributed by atoms with E-state index in [9.17, 15) is 14.4 Å². The predicted octanol–water partition coefficient (Wildman–Crippen LogP) is 3.03. The van der Waals surface area contributed by atoms with Crippen molar-refractivity contribution < 1.29 is 23.9 Å². The van der Waals surface area contributed by atoms with Crippen LogP contribution in [-0.4, -0.2) is 42.0 Å². The summed E-state index contributed by atoms with van der Waals surface area (Å²) >= 11 is 2.85. The highest BCUT2D eigenvalue weighted by Gasteiger charge is 2.25. The Bertz CT molecular complexity index is 925. The van der Waals surface area contributed by atoms with Crippen molar-refractivity contribution in [2.24, 2.45) is 0 Å². The van der Waals surface area contributed by atoms with E-state index in [1.54, 1.807) is 5.38 Å². The van der Waals surface area contributed by atoms with Gasteiger partial charge in [0.15, 0.2) is 0 Å². The Morgan fingerprint density at radius 3 is 2.58 bits per heavy atom. The largest absolute Gasteiger partial charge is 0.465 e. The van der Waals surface area contributed by atoms with Gasteiger partial charge in [-0.1, -0.05) is 0 Å². The van der Waals surface area contributed by atoms with E-state index >= 15 is 0 Å². The van der Waals surface area contributed by atoms with Crippen LogP contribution in [0.4, 0.5) is 5.69 Å². The molecular weight excluding hydrogens is 378 g/mol. The van der Waals surface area contributed by atoms with Gasteiger partial charge in [0.1, 0.15) is 22.0 Å². The number of carbonyl (C=O) groups excluding carboxylic acids is 3. The number of methoxy groups -OCH3 is 2. The van der Waals surface area contributed by atoms with Crippen LogP contribution in [0.25, 0.3) is 10.6 Å². The standard InChI is InChI=1S/C16H13N3O5S2/c1-23-15(21)9-5-17-12(16(22)24-2)11(9)19-13(20)10-7-26-14(18-10)8-3-4-25-6-8/h3-7,17H,1-2H3,(H,19,20). The van der Waals surface area contributed by atoms with E-state index in [-0.39, 0.29) is 22.6 Å². The number of nitrogens with zero attached hydrogens (tertiary/aromatic N) is 1. The monoisotopic (exact) mass is 391 g/mol. The van der Waals surface area contributed by atoms with Crippen LogP contribution in [0.2, 0.25) is 0 Å². The normalized spacial score (nSPS) is 10.4. The number of anilines is 1. The van der Waals surface area contributed by atoms with Crippen molar-refractivity contribution in [2.75, 3.05) is 19.5 Å². The van der Waals surface area contributed by atoms with Gasteiger partial charge < -0.3 is 19.8 Å². The van der Waals surface area contributed by atoms with Crippen LogP contribution in [0.5, 0.6) is 0 Å². The molecule has 3 rings (SSSR count). The maximum absolute atomic E-state index is 12.5. The molecule has 0 aromatic carbocycles. The van der Waals surface area contributed by atoms with Crippen LogP contribution in [-0.2, 0) is 9.47 Å². The fraction of sp³-hybridized carbons (Fsp3) is 0.125. The van der Waals surface area contributed by atoms with E-state index in [1.165, 1.54) is 43.1 Å². The van der Waals surface area contributed by atoms with Crippen LogP contribution in [0, 0.1) is 0 Å². The van der Waals surface area contributed by atoms with Crippen molar-refractivity contribution in [1.29, 1.82) is 0 Å². The Morgan fingerprint density at radius 1 is 1.15 bits per heavy atom. The fourth-order valence-electron chi connectivity index (χ4n) is 2.16. The quantitative estimate of drug-likeness (QED) is 0.647. The van der Waals surface area contributed by atoms with Crippen LogP contribution in [0.3, 0.4) is 0 Å². The third-order valence-electron chi connectivity index (χ3n) is 3.42. The summed E-state index contributed by atoms with van der Waals surface area (Å²) < 4.78 is 9.33. The number of aromatic nitrogens is 2. The van der Waals surface area contributed by atoms with Gasteiger partial charge in [0.05, 0.1) is 19.9 Å². The third-order valence-corrected chi connectivity index (χ3v) is 4.99. The molecule has 3 aromatic rings. The van der Waals surface area contributed by atoms with Crippen molar-refractivity contribution in [2.45, 2.75) is 0 Å². The second kappa shape index (κ2) is 7.50. The first-order chi connectivity index (χ1) is 12.5. The molecule has 10 heteroatoms. The summed E-state index contributed by atoms with van der Waals surface area (Å²) in [7, 11) is 2.40. The summed E-state index contributed by atoms with van der Waals surface area (Å²) in [4.78, 5) is 43.2. The highest BCUT2D eigenvalue weighted by atomic mass is 32.1. The maximum atomic E-state index is 12.5. The SMILES string of the molecule is COC(=O)c1c[nH]c(C(=O)OC)c1NC(=O)c1csc(-c2ccsc2)n1. The van der Waals surface area contributed by atoms with Gasteiger partial charge in [-0.25, -0.2) is 14.6 Å². The molecule has 0 saturated carbocycles. The van der Waals surface area contributed by atoms with E-state index in [0.717, 1.165) is 5.56 Å². The number of ether oxygens (including phenoxy) is 2. The zero-order valence-electron chi connectivity index (χ0n) is 13.7. The molecule has 8 nitrogen and oxygen atoms in total. The average Bonchev–Trinajstić information content (AvgIpc) is 3.39. The molecule has 134 valence electrons. The van der Waals surface area contributed by atoms with Crippen LogP contribution in [0.1, 0.15) is 31.3 Å². The molecule has 3 heterocycles. The van der Waals surface area contributed by atoms with Gasteiger partial charge >= 0.3 is 11.9 Å². The molecule has 0 aliphatic rings. The van der Waals surface area contributed by atoms with Gasteiger partial charge in [-0.2, -0.15) is 11.3 Å². The zero-order valence-corrected chi connectivity index (χ0v) is 15.3. The minimum Gasteiger partial charge on any atom is -0.465 e. The molecule has 0 aliphatic heterocycles. The Labute approximate surface area is 155 Å². The Balaban J connectivity index is 1.90. The fourth-order valence-corrected chi connectivity index (χ4v) is 3.67. The summed E-state index contributed by atoms with van der Waals surface area (Å²) in [5.74, 6) is -1.99. The first-order valence-electron chi connectivity index (χ1n) is 7.22. The van der Waals surface area contributed by atoms with Crippen LogP contribution in [0.15, 0.2) is 28.4 Å². The van der Waals surface area contributed by atoms with E-state index in [2.05, 4.69) is 24.8 Å². The number of hydrogen-bond donors (Lipinski definition) is 2. The number of carbonyl (C=O) groups is 3. The first-order valence-corrected chi connectivity index (χ1v) is 9.04. The van der Waals surface area contributed by atoms with Crippen LogP contribution >= 0.6 is 22.7 Å². The van der Waals surface area contributed by atoms with Gasteiger partial charge in [0.2, 0.25) is 0 Å². The highest BCUT2D eigenvalue weighted by Crippen LogP contribution is 2.27. The zero-order chi connectivity index (χ0) is 18.7. The summed E-state index contributed by atoms with van der Waals surface area (Å²) in [6.07, 6.45) is 1.27. The lowest BCUT2D eigenvalue weighted by Crippen LogP contribution is -2.17. The molecule has 0 radical (unpaired) electrons. The molecular formula is C16H13N3O5S2. The summed E-state index contributed by atoms with van der Waals surface area (Å²) in [5, 5.41) is 8.69. The summed E-state index contributed by atoms with van der Waals surface area (Å²) in [6.45, 7) is 0.